The Balaban J connectivity index is 1.67. The van der Waals surface area contributed by atoms with E-state index in [9.17, 15) is 0 Å². The van der Waals surface area contributed by atoms with Gasteiger partial charge in [0.15, 0.2) is 0 Å². The number of hydrogen-bond acceptors (Lipinski definition) is 3. The standard InChI is InChI=1S/C18H19N3O/c1-14-12-18(22-17-6-4-3-5-7-17)11-9-15(14)8-10-16-13-21(2)20-19-16/h3-7,9,11-13H,8,10H2,1-2H3. The molecule has 4 heteroatoms. The first-order chi connectivity index (χ1) is 10.7. The minimum atomic E-state index is 0.856. The molecule has 0 unspecified atom stereocenters. The Labute approximate surface area is 130 Å². The molecule has 0 radical (unpaired) electrons. The van der Waals surface area contributed by atoms with Crippen LogP contribution < -0.4 is 4.74 Å². The molecule has 3 rings (SSSR count). The highest BCUT2D eigenvalue weighted by Gasteiger charge is 2.05. The fourth-order valence-electron chi connectivity index (χ4n) is 2.41. The summed E-state index contributed by atoms with van der Waals surface area (Å²) in [7, 11) is 1.89. The highest BCUT2D eigenvalue weighted by molar-refractivity contribution is 5.38. The van der Waals surface area contributed by atoms with Gasteiger partial charge in [0, 0.05) is 13.2 Å². The number of aromatic nitrogens is 3. The minimum Gasteiger partial charge on any atom is -0.457 e. The number of nitrogens with zero attached hydrogens (tertiary/aromatic N) is 3. The first-order valence-electron chi connectivity index (χ1n) is 7.38. The smallest absolute Gasteiger partial charge is 0.127 e. The first-order valence-corrected chi connectivity index (χ1v) is 7.38. The largest absolute Gasteiger partial charge is 0.457 e. The molecule has 0 bridgehead atoms. The lowest BCUT2D eigenvalue weighted by atomic mass is 10.0. The molecule has 1 aromatic heterocycles. The van der Waals surface area contributed by atoms with Crippen molar-refractivity contribution >= 4 is 0 Å². The molecule has 3 aromatic rings. The lowest BCUT2D eigenvalue weighted by Gasteiger charge is -2.09. The van der Waals surface area contributed by atoms with Crippen LogP contribution in [0.5, 0.6) is 11.5 Å². The van der Waals surface area contributed by atoms with Crippen LogP contribution in [-0.4, -0.2) is 15.0 Å². The normalized spacial score (nSPS) is 10.6. The monoisotopic (exact) mass is 293 g/mol. The zero-order valence-corrected chi connectivity index (χ0v) is 12.9. The van der Waals surface area contributed by atoms with Crippen LogP contribution in [-0.2, 0) is 19.9 Å². The quantitative estimate of drug-likeness (QED) is 0.720. The molecule has 0 aliphatic rings. The van der Waals surface area contributed by atoms with E-state index in [1.165, 1.54) is 11.1 Å². The van der Waals surface area contributed by atoms with Gasteiger partial charge in [0.25, 0.3) is 0 Å². The van der Waals surface area contributed by atoms with Crippen LogP contribution in [0.4, 0.5) is 0 Å². The molecular weight excluding hydrogens is 274 g/mol. The average molecular weight is 293 g/mol. The van der Waals surface area contributed by atoms with Gasteiger partial charge < -0.3 is 4.74 Å². The Hall–Kier alpha value is -2.62. The molecule has 0 saturated carbocycles. The topological polar surface area (TPSA) is 39.9 Å². The summed E-state index contributed by atoms with van der Waals surface area (Å²) in [6.07, 6.45) is 3.81. The molecule has 4 nitrogen and oxygen atoms in total. The highest BCUT2D eigenvalue weighted by atomic mass is 16.5. The van der Waals surface area contributed by atoms with Crippen molar-refractivity contribution in [3.63, 3.8) is 0 Å². The maximum atomic E-state index is 5.85. The van der Waals surface area contributed by atoms with Crippen LogP contribution in [0.25, 0.3) is 0 Å². The van der Waals surface area contributed by atoms with E-state index in [0.29, 0.717) is 0 Å². The van der Waals surface area contributed by atoms with Crippen molar-refractivity contribution in [1.82, 2.24) is 15.0 Å². The maximum Gasteiger partial charge on any atom is 0.127 e. The summed E-state index contributed by atoms with van der Waals surface area (Å²) in [5, 5.41) is 8.08. The SMILES string of the molecule is Cc1cc(Oc2ccccc2)ccc1CCc1cn(C)nn1. The predicted octanol–water partition coefficient (Wildman–Crippen LogP) is 3.70. The van der Waals surface area contributed by atoms with Crippen LogP contribution in [0, 0.1) is 6.92 Å². The third kappa shape index (κ3) is 3.52. The van der Waals surface area contributed by atoms with E-state index in [2.05, 4.69) is 29.4 Å². The molecule has 0 saturated heterocycles. The van der Waals surface area contributed by atoms with Crippen molar-refractivity contribution in [2.24, 2.45) is 7.05 Å². The summed E-state index contributed by atoms with van der Waals surface area (Å²) in [5.41, 5.74) is 3.56. The molecule has 0 aliphatic heterocycles. The van der Waals surface area contributed by atoms with Crippen molar-refractivity contribution in [3.8, 4) is 11.5 Å². The lowest BCUT2D eigenvalue weighted by Crippen LogP contribution is -1.95. The Morgan fingerprint density at radius 3 is 2.50 bits per heavy atom. The van der Waals surface area contributed by atoms with Gasteiger partial charge in [0.2, 0.25) is 0 Å². The highest BCUT2D eigenvalue weighted by Crippen LogP contribution is 2.24. The summed E-state index contributed by atoms with van der Waals surface area (Å²) < 4.78 is 7.59. The van der Waals surface area contributed by atoms with Gasteiger partial charge in [-0.25, -0.2) is 0 Å². The molecule has 2 aromatic carbocycles. The van der Waals surface area contributed by atoms with Gasteiger partial charge in [-0.3, -0.25) is 4.68 Å². The van der Waals surface area contributed by atoms with Crippen LogP contribution >= 0.6 is 0 Å². The molecule has 0 N–H and O–H groups in total. The summed E-state index contributed by atoms with van der Waals surface area (Å²) in [4.78, 5) is 0. The van der Waals surface area contributed by atoms with Crippen LogP contribution in [0.2, 0.25) is 0 Å². The van der Waals surface area contributed by atoms with E-state index >= 15 is 0 Å². The van der Waals surface area contributed by atoms with Gasteiger partial charge in [-0.1, -0.05) is 29.5 Å². The van der Waals surface area contributed by atoms with Crippen LogP contribution in [0.15, 0.2) is 54.7 Å². The number of para-hydroxylation sites is 1. The van der Waals surface area contributed by atoms with Crippen molar-refractivity contribution in [3.05, 3.63) is 71.5 Å². The van der Waals surface area contributed by atoms with E-state index in [1.807, 2.05) is 49.6 Å². The second kappa shape index (κ2) is 6.43. The Kier molecular flexibility index (Phi) is 4.19. The molecular formula is C18H19N3O. The Morgan fingerprint density at radius 1 is 1.00 bits per heavy atom. The Morgan fingerprint density at radius 2 is 1.82 bits per heavy atom. The number of aryl methyl sites for hydroxylation is 4. The third-order valence-corrected chi connectivity index (χ3v) is 3.59. The van der Waals surface area contributed by atoms with E-state index in [1.54, 1.807) is 4.68 Å². The summed E-state index contributed by atoms with van der Waals surface area (Å²) in [6, 6.07) is 16.1. The second-order valence-electron chi connectivity index (χ2n) is 5.39. The molecule has 0 atom stereocenters. The first kappa shape index (κ1) is 14.3. The van der Waals surface area contributed by atoms with Gasteiger partial charge in [0.05, 0.1) is 5.69 Å². The summed E-state index contributed by atoms with van der Waals surface area (Å²) in [5.74, 6) is 1.72. The predicted molar refractivity (Wildman–Crippen MR) is 86.1 cm³/mol. The number of ether oxygens (including phenoxy) is 1. The third-order valence-electron chi connectivity index (χ3n) is 3.59. The number of rotatable bonds is 5. The summed E-state index contributed by atoms with van der Waals surface area (Å²) >= 11 is 0. The van der Waals surface area contributed by atoms with Gasteiger partial charge in [0.1, 0.15) is 11.5 Å². The number of benzene rings is 2. The maximum absolute atomic E-state index is 5.85. The van der Waals surface area contributed by atoms with E-state index in [4.69, 9.17) is 4.74 Å². The zero-order valence-electron chi connectivity index (χ0n) is 12.9. The van der Waals surface area contributed by atoms with Crippen molar-refractivity contribution in [2.45, 2.75) is 19.8 Å². The van der Waals surface area contributed by atoms with Gasteiger partial charge in [-0.15, -0.1) is 5.10 Å². The number of hydrogen-bond donors (Lipinski definition) is 0. The minimum absolute atomic E-state index is 0.856. The van der Waals surface area contributed by atoms with Crippen LogP contribution in [0.3, 0.4) is 0 Å². The van der Waals surface area contributed by atoms with Gasteiger partial charge in [-0.05, 0) is 55.2 Å². The molecule has 112 valence electrons. The average Bonchev–Trinajstić information content (AvgIpc) is 2.93. The van der Waals surface area contributed by atoms with Crippen molar-refractivity contribution < 1.29 is 4.74 Å². The molecule has 0 amide bonds. The van der Waals surface area contributed by atoms with Gasteiger partial charge in [-0.2, -0.15) is 0 Å². The molecule has 22 heavy (non-hydrogen) atoms. The van der Waals surface area contributed by atoms with Gasteiger partial charge >= 0.3 is 0 Å². The second-order valence-corrected chi connectivity index (χ2v) is 5.39. The van der Waals surface area contributed by atoms with E-state index in [0.717, 1.165) is 30.0 Å². The van der Waals surface area contributed by atoms with Crippen molar-refractivity contribution in [2.75, 3.05) is 0 Å². The van der Waals surface area contributed by atoms with Crippen molar-refractivity contribution in [1.29, 1.82) is 0 Å². The molecule has 0 aliphatic carbocycles. The van der Waals surface area contributed by atoms with Crippen LogP contribution in [0.1, 0.15) is 16.8 Å². The zero-order chi connectivity index (χ0) is 15.4. The fraction of sp³-hybridized carbons (Fsp3) is 0.222. The van der Waals surface area contributed by atoms with E-state index < -0.39 is 0 Å². The summed E-state index contributed by atoms with van der Waals surface area (Å²) in [6.45, 7) is 2.11. The molecule has 1 heterocycles. The molecule has 0 fully saturated rings. The Bertz CT molecular complexity index is 750. The van der Waals surface area contributed by atoms with E-state index in [-0.39, 0.29) is 0 Å². The fourth-order valence-corrected chi connectivity index (χ4v) is 2.41. The lowest BCUT2D eigenvalue weighted by molar-refractivity contribution is 0.482. The molecule has 0 spiro atoms.